The normalized spacial score (nSPS) is 15.5. The van der Waals surface area contributed by atoms with E-state index in [0.717, 1.165) is 39.1 Å². The molecule has 0 atom stereocenters. The van der Waals surface area contributed by atoms with Crippen molar-refractivity contribution in [3.63, 3.8) is 0 Å². The maximum atomic E-state index is 12.0. The van der Waals surface area contributed by atoms with Gasteiger partial charge in [-0.05, 0) is 25.1 Å². The lowest BCUT2D eigenvalue weighted by atomic mass is 10.1. The molecule has 0 saturated carbocycles. The zero-order valence-electron chi connectivity index (χ0n) is 13.2. The summed E-state index contributed by atoms with van der Waals surface area (Å²) in [5, 5.41) is 6.26. The Kier molecular flexibility index (Phi) is 6.55. The number of nitrogens with one attached hydrogen (secondary N) is 2. The molecule has 120 valence electrons. The van der Waals surface area contributed by atoms with Gasteiger partial charge in [-0.1, -0.05) is 19.1 Å². The van der Waals surface area contributed by atoms with Gasteiger partial charge in [0.25, 0.3) is 5.91 Å². The summed E-state index contributed by atoms with van der Waals surface area (Å²) in [5.74, 6) is 0.0267. The highest BCUT2D eigenvalue weighted by Gasteiger charge is 2.10. The molecule has 0 spiro atoms. The fourth-order valence-corrected chi connectivity index (χ4v) is 2.55. The minimum Gasteiger partial charge on any atom is -0.352 e. The van der Waals surface area contributed by atoms with Crippen molar-refractivity contribution < 1.29 is 9.59 Å². The number of rotatable bonds is 7. The van der Waals surface area contributed by atoms with Gasteiger partial charge in [-0.15, -0.1) is 0 Å². The standard InChI is InChI=1S/C17H25N3O2/c1-2-16(21)14-4-6-15(7-5-14)17(22)19-8-3-11-20-12-9-18-10-13-20/h4-7,18H,2-3,8-13H2,1H3,(H,19,22). The Morgan fingerprint density at radius 2 is 1.77 bits per heavy atom. The molecule has 1 aromatic carbocycles. The van der Waals surface area contributed by atoms with Crippen molar-refractivity contribution in [3.8, 4) is 0 Å². The van der Waals surface area contributed by atoms with Crippen LogP contribution in [0.25, 0.3) is 0 Å². The average molecular weight is 303 g/mol. The number of amides is 1. The van der Waals surface area contributed by atoms with Crippen molar-refractivity contribution in [2.45, 2.75) is 19.8 Å². The van der Waals surface area contributed by atoms with Crippen LogP contribution in [0.5, 0.6) is 0 Å². The third-order valence-corrected chi connectivity index (χ3v) is 3.94. The van der Waals surface area contributed by atoms with E-state index in [1.54, 1.807) is 24.3 Å². The third kappa shape index (κ3) is 4.93. The van der Waals surface area contributed by atoms with Crippen LogP contribution in [0.1, 0.15) is 40.5 Å². The number of nitrogens with zero attached hydrogens (tertiary/aromatic N) is 1. The van der Waals surface area contributed by atoms with Gasteiger partial charge in [-0.3, -0.25) is 9.59 Å². The first-order valence-corrected chi connectivity index (χ1v) is 8.05. The second-order valence-electron chi connectivity index (χ2n) is 5.56. The summed E-state index contributed by atoms with van der Waals surface area (Å²) in [6, 6.07) is 6.88. The fourth-order valence-electron chi connectivity index (χ4n) is 2.55. The van der Waals surface area contributed by atoms with Gasteiger partial charge in [0, 0.05) is 50.3 Å². The molecule has 5 heteroatoms. The molecular formula is C17H25N3O2. The highest BCUT2D eigenvalue weighted by Crippen LogP contribution is 2.07. The Morgan fingerprint density at radius 3 is 2.41 bits per heavy atom. The molecule has 1 amide bonds. The first-order valence-electron chi connectivity index (χ1n) is 8.05. The van der Waals surface area contributed by atoms with Crippen molar-refractivity contribution >= 4 is 11.7 Å². The molecule has 5 nitrogen and oxygen atoms in total. The number of piperazine rings is 1. The largest absolute Gasteiger partial charge is 0.352 e. The molecular weight excluding hydrogens is 278 g/mol. The van der Waals surface area contributed by atoms with E-state index < -0.39 is 0 Å². The number of ketones is 1. The summed E-state index contributed by atoms with van der Waals surface area (Å²) in [5.41, 5.74) is 1.27. The summed E-state index contributed by atoms with van der Waals surface area (Å²) in [7, 11) is 0. The van der Waals surface area contributed by atoms with Crippen LogP contribution in [0.3, 0.4) is 0 Å². The van der Waals surface area contributed by atoms with E-state index in [-0.39, 0.29) is 11.7 Å². The Labute approximate surface area is 132 Å². The number of benzene rings is 1. The van der Waals surface area contributed by atoms with Crippen LogP contribution in [-0.4, -0.2) is 55.9 Å². The molecule has 2 rings (SSSR count). The summed E-state index contributed by atoms with van der Waals surface area (Å²) >= 11 is 0. The molecule has 2 N–H and O–H groups in total. The Morgan fingerprint density at radius 1 is 1.14 bits per heavy atom. The molecule has 1 aliphatic rings. The average Bonchev–Trinajstić information content (AvgIpc) is 2.59. The van der Waals surface area contributed by atoms with Gasteiger partial charge < -0.3 is 15.5 Å². The van der Waals surface area contributed by atoms with Gasteiger partial charge in [-0.2, -0.15) is 0 Å². The van der Waals surface area contributed by atoms with Gasteiger partial charge in [0.1, 0.15) is 0 Å². The Balaban J connectivity index is 1.71. The smallest absolute Gasteiger partial charge is 0.251 e. The lowest BCUT2D eigenvalue weighted by Crippen LogP contribution is -2.44. The second-order valence-corrected chi connectivity index (χ2v) is 5.56. The van der Waals surface area contributed by atoms with E-state index in [0.29, 0.717) is 24.1 Å². The fraction of sp³-hybridized carbons (Fsp3) is 0.529. The first kappa shape index (κ1) is 16.6. The van der Waals surface area contributed by atoms with Gasteiger partial charge >= 0.3 is 0 Å². The molecule has 0 aliphatic carbocycles. The number of hydrogen-bond donors (Lipinski definition) is 2. The van der Waals surface area contributed by atoms with Crippen molar-refractivity contribution in [3.05, 3.63) is 35.4 Å². The van der Waals surface area contributed by atoms with Crippen LogP contribution in [0, 0.1) is 0 Å². The first-order chi connectivity index (χ1) is 10.7. The Hall–Kier alpha value is -1.72. The second kappa shape index (κ2) is 8.66. The maximum Gasteiger partial charge on any atom is 0.251 e. The van der Waals surface area contributed by atoms with Crippen molar-refractivity contribution in [1.29, 1.82) is 0 Å². The summed E-state index contributed by atoms with van der Waals surface area (Å²) < 4.78 is 0. The zero-order chi connectivity index (χ0) is 15.8. The van der Waals surface area contributed by atoms with Crippen LogP contribution in [0.2, 0.25) is 0 Å². The van der Waals surface area contributed by atoms with Crippen LogP contribution in [0.4, 0.5) is 0 Å². The topological polar surface area (TPSA) is 61.4 Å². The van der Waals surface area contributed by atoms with Gasteiger partial charge in [-0.25, -0.2) is 0 Å². The van der Waals surface area contributed by atoms with Crippen LogP contribution >= 0.6 is 0 Å². The molecule has 1 saturated heterocycles. The molecule has 1 fully saturated rings. The molecule has 0 radical (unpaired) electrons. The molecule has 0 unspecified atom stereocenters. The number of carbonyl (C=O) groups excluding carboxylic acids is 2. The molecule has 1 aliphatic heterocycles. The van der Waals surface area contributed by atoms with Crippen molar-refractivity contribution in [2.24, 2.45) is 0 Å². The molecule has 0 aromatic heterocycles. The van der Waals surface area contributed by atoms with Crippen LogP contribution in [0.15, 0.2) is 24.3 Å². The minimum atomic E-state index is -0.0733. The van der Waals surface area contributed by atoms with Crippen LogP contribution < -0.4 is 10.6 Å². The predicted octanol–water partition coefficient (Wildman–Crippen LogP) is 1.30. The molecule has 22 heavy (non-hydrogen) atoms. The highest BCUT2D eigenvalue weighted by atomic mass is 16.1. The molecule has 1 aromatic rings. The van der Waals surface area contributed by atoms with E-state index in [1.165, 1.54) is 0 Å². The third-order valence-electron chi connectivity index (χ3n) is 3.94. The predicted molar refractivity (Wildman–Crippen MR) is 87.3 cm³/mol. The highest BCUT2D eigenvalue weighted by molar-refractivity contribution is 5.98. The SMILES string of the molecule is CCC(=O)c1ccc(C(=O)NCCCN2CCNCC2)cc1. The summed E-state index contributed by atoms with van der Waals surface area (Å²) in [6.07, 6.45) is 1.44. The van der Waals surface area contributed by atoms with E-state index in [1.807, 2.05) is 6.92 Å². The lowest BCUT2D eigenvalue weighted by Gasteiger charge is -2.27. The quantitative estimate of drug-likeness (QED) is 0.589. The molecule has 1 heterocycles. The number of hydrogen-bond acceptors (Lipinski definition) is 4. The van der Waals surface area contributed by atoms with E-state index in [9.17, 15) is 9.59 Å². The summed E-state index contributed by atoms with van der Waals surface area (Å²) in [4.78, 5) is 26.0. The van der Waals surface area contributed by atoms with Gasteiger partial charge in [0.15, 0.2) is 5.78 Å². The maximum absolute atomic E-state index is 12.0. The zero-order valence-corrected chi connectivity index (χ0v) is 13.2. The lowest BCUT2D eigenvalue weighted by molar-refractivity contribution is 0.0948. The minimum absolute atomic E-state index is 0.0733. The summed E-state index contributed by atoms with van der Waals surface area (Å²) in [6.45, 7) is 7.80. The van der Waals surface area contributed by atoms with Crippen LogP contribution in [-0.2, 0) is 0 Å². The number of Topliss-reactive ketones (excluding diaryl/α,β-unsaturated/α-hetero) is 1. The van der Waals surface area contributed by atoms with Gasteiger partial charge in [0.2, 0.25) is 0 Å². The molecule has 0 bridgehead atoms. The van der Waals surface area contributed by atoms with Gasteiger partial charge in [0.05, 0.1) is 0 Å². The van der Waals surface area contributed by atoms with Crippen molar-refractivity contribution in [2.75, 3.05) is 39.3 Å². The Bertz CT molecular complexity index is 493. The van der Waals surface area contributed by atoms with E-state index in [4.69, 9.17) is 0 Å². The number of carbonyl (C=O) groups is 2. The van der Waals surface area contributed by atoms with Crippen molar-refractivity contribution in [1.82, 2.24) is 15.5 Å². The monoisotopic (exact) mass is 303 g/mol. The van der Waals surface area contributed by atoms with E-state index in [2.05, 4.69) is 15.5 Å². The van der Waals surface area contributed by atoms with E-state index >= 15 is 0 Å².